The molecule has 0 aliphatic heterocycles. The molecule has 0 spiro atoms. The Bertz CT molecular complexity index is 538. The van der Waals surface area contributed by atoms with Gasteiger partial charge in [0.25, 0.3) is 0 Å². The predicted octanol–water partition coefficient (Wildman–Crippen LogP) is 2.65. The van der Waals surface area contributed by atoms with Crippen molar-refractivity contribution >= 4 is 11.6 Å². The van der Waals surface area contributed by atoms with Gasteiger partial charge in [0.1, 0.15) is 6.54 Å². The Morgan fingerprint density at radius 2 is 1.75 bits per heavy atom. The summed E-state index contributed by atoms with van der Waals surface area (Å²) in [6.07, 6.45) is 0. The maximum Gasteiger partial charge on any atom is 0.240 e. The number of amides is 1. The van der Waals surface area contributed by atoms with Gasteiger partial charge in [-0.3, -0.25) is 9.63 Å². The molecule has 0 aliphatic rings. The Kier molecular flexibility index (Phi) is 5.29. The summed E-state index contributed by atoms with van der Waals surface area (Å²) in [4.78, 5) is 16.9. The smallest absolute Gasteiger partial charge is 0.240 e. The van der Waals surface area contributed by atoms with Gasteiger partial charge < -0.3 is 5.32 Å². The molecule has 104 valence electrons. The zero-order valence-electron chi connectivity index (χ0n) is 11.4. The Labute approximate surface area is 118 Å². The highest BCUT2D eigenvalue weighted by Crippen LogP contribution is 2.07. The van der Waals surface area contributed by atoms with Gasteiger partial charge in [0.05, 0.1) is 6.61 Å². The Hall–Kier alpha value is -2.17. The summed E-state index contributed by atoms with van der Waals surface area (Å²) in [6.45, 7) is 2.55. The summed E-state index contributed by atoms with van der Waals surface area (Å²) < 4.78 is 0. The summed E-state index contributed by atoms with van der Waals surface area (Å²) >= 11 is 0. The number of benzene rings is 2. The lowest BCUT2D eigenvalue weighted by atomic mass is 10.2. The molecular formula is C16H18N2O2. The molecule has 2 N–H and O–H groups in total. The van der Waals surface area contributed by atoms with Crippen LogP contribution < -0.4 is 10.8 Å². The molecule has 0 unspecified atom stereocenters. The van der Waals surface area contributed by atoms with Crippen LogP contribution in [-0.4, -0.2) is 12.5 Å². The number of hydrogen-bond acceptors (Lipinski definition) is 3. The minimum absolute atomic E-state index is 0.112. The molecule has 1 amide bonds. The third kappa shape index (κ3) is 4.84. The largest absolute Gasteiger partial charge is 0.325 e. The van der Waals surface area contributed by atoms with E-state index in [1.165, 1.54) is 0 Å². The Morgan fingerprint density at radius 3 is 2.45 bits per heavy atom. The van der Waals surface area contributed by atoms with E-state index in [0.717, 1.165) is 16.8 Å². The second-order valence-electron chi connectivity index (χ2n) is 4.51. The Morgan fingerprint density at radius 1 is 1.05 bits per heavy atom. The topological polar surface area (TPSA) is 50.4 Å². The first-order valence-electron chi connectivity index (χ1n) is 6.49. The van der Waals surface area contributed by atoms with Crippen LogP contribution in [0, 0.1) is 6.92 Å². The van der Waals surface area contributed by atoms with Crippen LogP contribution in [0.5, 0.6) is 0 Å². The van der Waals surface area contributed by atoms with Gasteiger partial charge in [-0.25, -0.2) is 0 Å². The van der Waals surface area contributed by atoms with Gasteiger partial charge in [-0.2, -0.15) is 5.48 Å². The lowest BCUT2D eigenvalue weighted by Gasteiger charge is -2.07. The van der Waals surface area contributed by atoms with Crippen molar-refractivity contribution in [2.45, 2.75) is 13.5 Å². The monoisotopic (exact) mass is 270 g/mol. The van der Waals surface area contributed by atoms with Gasteiger partial charge in [-0.15, -0.1) is 0 Å². The lowest BCUT2D eigenvalue weighted by molar-refractivity contribution is -0.118. The maximum absolute atomic E-state index is 11.7. The highest BCUT2D eigenvalue weighted by Gasteiger charge is 2.01. The van der Waals surface area contributed by atoms with Gasteiger partial charge >= 0.3 is 0 Å². The van der Waals surface area contributed by atoms with Gasteiger partial charge in [-0.05, 0) is 24.6 Å². The molecule has 0 saturated carbocycles. The molecule has 4 nitrogen and oxygen atoms in total. The van der Waals surface area contributed by atoms with Crippen LogP contribution in [0.4, 0.5) is 5.69 Å². The van der Waals surface area contributed by atoms with Crippen molar-refractivity contribution in [3.05, 3.63) is 65.7 Å². The second kappa shape index (κ2) is 7.43. The number of carbonyl (C=O) groups is 1. The zero-order valence-corrected chi connectivity index (χ0v) is 11.4. The van der Waals surface area contributed by atoms with Gasteiger partial charge in [0.15, 0.2) is 0 Å². The minimum atomic E-state index is -0.137. The van der Waals surface area contributed by atoms with Crippen molar-refractivity contribution in [1.82, 2.24) is 5.48 Å². The molecule has 20 heavy (non-hydrogen) atoms. The molecule has 0 radical (unpaired) electrons. The van der Waals surface area contributed by atoms with Crippen molar-refractivity contribution in [1.29, 1.82) is 0 Å². The highest BCUT2D eigenvalue weighted by molar-refractivity contribution is 5.92. The third-order valence-electron chi connectivity index (χ3n) is 2.75. The van der Waals surface area contributed by atoms with E-state index in [9.17, 15) is 4.79 Å². The first-order chi connectivity index (χ1) is 9.74. The second-order valence-corrected chi connectivity index (χ2v) is 4.51. The van der Waals surface area contributed by atoms with Gasteiger partial charge in [0, 0.05) is 5.69 Å². The molecule has 0 aliphatic carbocycles. The van der Waals surface area contributed by atoms with Crippen molar-refractivity contribution in [2.24, 2.45) is 0 Å². The number of nitrogens with one attached hydrogen (secondary N) is 2. The summed E-state index contributed by atoms with van der Waals surface area (Å²) in [5, 5.41) is 2.79. The molecular weight excluding hydrogens is 252 g/mol. The maximum atomic E-state index is 11.7. The van der Waals surface area contributed by atoms with E-state index in [4.69, 9.17) is 4.84 Å². The van der Waals surface area contributed by atoms with Crippen LogP contribution >= 0.6 is 0 Å². The van der Waals surface area contributed by atoms with Crippen molar-refractivity contribution in [2.75, 3.05) is 11.9 Å². The predicted molar refractivity (Wildman–Crippen MR) is 79.0 cm³/mol. The summed E-state index contributed by atoms with van der Waals surface area (Å²) in [5.41, 5.74) is 5.65. The SMILES string of the molecule is Cc1ccc(NC(=O)CNOCc2ccccc2)cc1. The fraction of sp³-hybridized carbons (Fsp3) is 0.188. The average molecular weight is 270 g/mol. The molecule has 2 aromatic carbocycles. The fourth-order valence-corrected chi connectivity index (χ4v) is 1.67. The first kappa shape index (κ1) is 14.2. The minimum Gasteiger partial charge on any atom is -0.325 e. The number of hydroxylamine groups is 1. The molecule has 0 aromatic heterocycles. The molecule has 0 atom stereocenters. The Balaban J connectivity index is 1.66. The van der Waals surface area contributed by atoms with Crippen molar-refractivity contribution < 1.29 is 9.63 Å². The highest BCUT2D eigenvalue weighted by atomic mass is 16.6. The number of anilines is 1. The van der Waals surface area contributed by atoms with E-state index < -0.39 is 0 Å². The number of carbonyl (C=O) groups excluding carboxylic acids is 1. The molecule has 2 aromatic rings. The molecule has 4 heteroatoms. The molecule has 0 heterocycles. The summed E-state index contributed by atoms with van der Waals surface area (Å²) in [5.74, 6) is -0.137. The van der Waals surface area contributed by atoms with Crippen LogP contribution in [-0.2, 0) is 16.2 Å². The van der Waals surface area contributed by atoms with Crippen LogP contribution in [0.25, 0.3) is 0 Å². The van der Waals surface area contributed by atoms with E-state index in [1.54, 1.807) is 0 Å². The molecule has 0 bridgehead atoms. The number of aryl methyl sites for hydroxylation is 1. The number of hydrogen-bond donors (Lipinski definition) is 2. The normalized spacial score (nSPS) is 10.2. The van der Waals surface area contributed by atoms with Gasteiger partial charge in [-0.1, -0.05) is 48.0 Å². The average Bonchev–Trinajstić information content (AvgIpc) is 2.47. The molecule has 0 saturated heterocycles. The summed E-state index contributed by atoms with van der Waals surface area (Å²) in [7, 11) is 0. The number of rotatable bonds is 6. The van der Waals surface area contributed by atoms with Crippen molar-refractivity contribution in [3.63, 3.8) is 0 Å². The fourth-order valence-electron chi connectivity index (χ4n) is 1.67. The molecule has 0 fully saturated rings. The van der Waals surface area contributed by atoms with Crippen LogP contribution in [0.2, 0.25) is 0 Å². The van der Waals surface area contributed by atoms with Crippen LogP contribution in [0.3, 0.4) is 0 Å². The molecule has 2 rings (SSSR count). The van der Waals surface area contributed by atoms with E-state index in [1.807, 2.05) is 61.5 Å². The van der Waals surface area contributed by atoms with Crippen LogP contribution in [0.15, 0.2) is 54.6 Å². The lowest BCUT2D eigenvalue weighted by Crippen LogP contribution is -2.28. The van der Waals surface area contributed by atoms with Crippen LogP contribution in [0.1, 0.15) is 11.1 Å². The van der Waals surface area contributed by atoms with Gasteiger partial charge in [0.2, 0.25) is 5.91 Å². The van der Waals surface area contributed by atoms with E-state index in [2.05, 4.69) is 10.8 Å². The standard InChI is InChI=1S/C16H18N2O2/c1-13-7-9-15(10-8-13)18-16(19)11-17-20-12-14-5-3-2-4-6-14/h2-10,17H,11-12H2,1H3,(H,18,19). The van der Waals surface area contributed by atoms with E-state index in [-0.39, 0.29) is 12.5 Å². The van der Waals surface area contributed by atoms with Crippen molar-refractivity contribution in [3.8, 4) is 0 Å². The van der Waals surface area contributed by atoms with E-state index in [0.29, 0.717) is 6.61 Å². The first-order valence-corrected chi connectivity index (χ1v) is 6.49. The van der Waals surface area contributed by atoms with E-state index >= 15 is 0 Å². The summed E-state index contributed by atoms with van der Waals surface area (Å²) in [6, 6.07) is 17.4. The third-order valence-corrected chi connectivity index (χ3v) is 2.75. The quantitative estimate of drug-likeness (QED) is 0.626. The zero-order chi connectivity index (χ0) is 14.2.